The number of carbonyl (C=O) groups excluding carboxylic acids is 1. The molecule has 0 spiro atoms. The van der Waals surface area contributed by atoms with E-state index in [1.165, 1.54) is 0 Å². The summed E-state index contributed by atoms with van der Waals surface area (Å²) < 4.78 is 11.1. The molecule has 5 heteroatoms. The Balaban J connectivity index is 1.92. The van der Waals surface area contributed by atoms with Crippen molar-refractivity contribution < 1.29 is 14.3 Å². The molecule has 0 bridgehead atoms. The van der Waals surface area contributed by atoms with Crippen LogP contribution in [-0.2, 0) is 4.79 Å². The van der Waals surface area contributed by atoms with Crippen molar-refractivity contribution in [3.8, 4) is 11.5 Å². The van der Waals surface area contributed by atoms with Crippen LogP contribution in [0.4, 0.5) is 0 Å². The zero-order valence-electron chi connectivity index (χ0n) is 13.5. The fourth-order valence-corrected chi connectivity index (χ4v) is 1.90. The lowest BCUT2D eigenvalue weighted by atomic mass is 10.1. The Morgan fingerprint density at radius 2 is 2.18 bits per heavy atom. The first-order valence-corrected chi connectivity index (χ1v) is 7.74. The number of amides is 1. The minimum Gasteiger partial charge on any atom is -0.493 e. The Bertz CT molecular complexity index is 537. The van der Waals surface area contributed by atoms with E-state index >= 15 is 0 Å². The molecule has 120 valence electrons. The number of carbonyl (C=O) groups is 1. The summed E-state index contributed by atoms with van der Waals surface area (Å²) in [5.74, 6) is 2.15. The highest BCUT2D eigenvalue weighted by atomic mass is 16.5. The van der Waals surface area contributed by atoms with E-state index in [9.17, 15) is 4.79 Å². The van der Waals surface area contributed by atoms with Crippen LogP contribution < -0.4 is 14.9 Å². The normalized spacial score (nSPS) is 14.4. The molecule has 0 atom stereocenters. The van der Waals surface area contributed by atoms with Gasteiger partial charge < -0.3 is 9.47 Å². The molecule has 0 unspecified atom stereocenters. The van der Waals surface area contributed by atoms with Crippen molar-refractivity contribution in [1.29, 1.82) is 0 Å². The summed E-state index contributed by atoms with van der Waals surface area (Å²) in [6.45, 7) is 4.99. The van der Waals surface area contributed by atoms with Crippen LogP contribution >= 0.6 is 0 Å². The first kappa shape index (κ1) is 16.3. The number of nitrogens with zero attached hydrogens (tertiary/aromatic N) is 1. The Morgan fingerprint density at radius 3 is 2.82 bits per heavy atom. The van der Waals surface area contributed by atoms with Gasteiger partial charge in [0.15, 0.2) is 11.5 Å². The lowest BCUT2D eigenvalue weighted by Gasteiger charge is -2.12. The van der Waals surface area contributed by atoms with Gasteiger partial charge in [0, 0.05) is 5.92 Å². The monoisotopic (exact) mass is 304 g/mol. The summed E-state index contributed by atoms with van der Waals surface area (Å²) in [4.78, 5) is 11.5. The third-order valence-electron chi connectivity index (χ3n) is 3.48. The quantitative estimate of drug-likeness (QED) is 0.593. The standard InChI is InChI=1S/C17H24N2O3/c1-12(2)8-9-22-15-7-4-13(10-16(15)21-3)11-18-19-17(20)14-5-6-14/h4,7,10-12,14H,5-6,8-9H2,1-3H3,(H,19,20)/b18-11-. The van der Waals surface area contributed by atoms with Gasteiger partial charge in [-0.1, -0.05) is 13.8 Å². The molecule has 1 aromatic rings. The van der Waals surface area contributed by atoms with E-state index in [0.29, 0.717) is 18.3 Å². The van der Waals surface area contributed by atoms with Crippen molar-refractivity contribution in [1.82, 2.24) is 5.43 Å². The summed E-state index contributed by atoms with van der Waals surface area (Å²) in [6, 6.07) is 5.60. The minimum absolute atomic E-state index is 0.00291. The van der Waals surface area contributed by atoms with Crippen molar-refractivity contribution in [2.24, 2.45) is 16.9 Å². The fourth-order valence-electron chi connectivity index (χ4n) is 1.90. The van der Waals surface area contributed by atoms with Crippen LogP contribution in [0.5, 0.6) is 11.5 Å². The number of benzene rings is 1. The number of hydrogen-bond acceptors (Lipinski definition) is 4. The molecule has 1 aromatic carbocycles. The fraction of sp³-hybridized carbons (Fsp3) is 0.529. The van der Waals surface area contributed by atoms with Crippen LogP contribution in [-0.4, -0.2) is 25.8 Å². The van der Waals surface area contributed by atoms with Gasteiger partial charge in [-0.25, -0.2) is 5.43 Å². The van der Waals surface area contributed by atoms with Crippen molar-refractivity contribution in [2.75, 3.05) is 13.7 Å². The summed E-state index contributed by atoms with van der Waals surface area (Å²) in [6.07, 6.45) is 4.55. The maximum atomic E-state index is 11.5. The molecule has 1 saturated carbocycles. The molecule has 1 aliphatic rings. The Labute approximate surface area is 131 Å². The summed E-state index contributed by atoms with van der Waals surface area (Å²) in [5.41, 5.74) is 3.40. The number of methoxy groups -OCH3 is 1. The van der Waals surface area contributed by atoms with E-state index in [4.69, 9.17) is 9.47 Å². The van der Waals surface area contributed by atoms with E-state index in [1.807, 2.05) is 18.2 Å². The average molecular weight is 304 g/mol. The van der Waals surface area contributed by atoms with E-state index in [-0.39, 0.29) is 11.8 Å². The zero-order chi connectivity index (χ0) is 15.9. The summed E-state index contributed by atoms with van der Waals surface area (Å²) >= 11 is 0. The molecule has 1 amide bonds. The largest absolute Gasteiger partial charge is 0.493 e. The number of ether oxygens (including phenoxy) is 2. The second-order valence-corrected chi connectivity index (χ2v) is 5.95. The summed E-state index contributed by atoms with van der Waals surface area (Å²) in [5, 5.41) is 3.97. The highest BCUT2D eigenvalue weighted by Gasteiger charge is 2.29. The van der Waals surface area contributed by atoms with Crippen LogP contribution in [0.1, 0.15) is 38.7 Å². The van der Waals surface area contributed by atoms with Crippen LogP contribution in [0.2, 0.25) is 0 Å². The highest BCUT2D eigenvalue weighted by Crippen LogP contribution is 2.29. The van der Waals surface area contributed by atoms with Gasteiger partial charge in [0.25, 0.3) is 0 Å². The Kier molecular flexibility index (Phi) is 5.81. The number of nitrogens with one attached hydrogen (secondary N) is 1. The van der Waals surface area contributed by atoms with Crippen LogP contribution in [0.3, 0.4) is 0 Å². The zero-order valence-corrected chi connectivity index (χ0v) is 13.5. The molecular formula is C17H24N2O3. The molecule has 2 rings (SSSR count). The van der Waals surface area contributed by atoms with Gasteiger partial charge in [0.1, 0.15) is 0 Å². The second kappa shape index (κ2) is 7.82. The van der Waals surface area contributed by atoms with E-state index in [2.05, 4.69) is 24.4 Å². The molecule has 1 aliphatic carbocycles. The van der Waals surface area contributed by atoms with Crippen LogP contribution in [0, 0.1) is 11.8 Å². The maximum Gasteiger partial charge on any atom is 0.243 e. The molecule has 22 heavy (non-hydrogen) atoms. The molecule has 0 radical (unpaired) electrons. The molecule has 0 aliphatic heterocycles. The van der Waals surface area contributed by atoms with Crippen molar-refractivity contribution in [3.05, 3.63) is 23.8 Å². The van der Waals surface area contributed by atoms with E-state index in [1.54, 1.807) is 13.3 Å². The highest BCUT2D eigenvalue weighted by molar-refractivity contribution is 5.84. The third-order valence-corrected chi connectivity index (χ3v) is 3.48. The van der Waals surface area contributed by atoms with E-state index < -0.39 is 0 Å². The van der Waals surface area contributed by atoms with Crippen LogP contribution in [0.25, 0.3) is 0 Å². The van der Waals surface area contributed by atoms with Crippen molar-refractivity contribution >= 4 is 12.1 Å². The van der Waals surface area contributed by atoms with Gasteiger partial charge in [-0.2, -0.15) is 5.10 Å². The molecule has 1 N–H and O–H groups in total. The predicted octanol–water partition coefficient (Wildman–Crippen LogP) is 2.98. The van der Waals surface area contributed by atoms with Gasteiger partial charge >= 0.3 is 0 Å². The number of rotatable bonds is 8. The first-order valence-electron chi connectivity index (χ1n) is 7.74. The lowest BCUT2D eigenvalue weighted by Crippen LogP contribution is -2.18. The molecular weight excluding hydrogens is 280 g/mol. The van der Waals surface area contributed by atoms with Crippen molar-refractivity contribution in [3.63, 3.8) is 0 Å². The Morgan fingerprint density at radius 1 is 1.41 bits per heavy atom. The third kappa shape index (κ3) is 5.06. The molecule has 1 fully saturated rings. The van der Waals surface area contributed by atoms with E-state index in [0.717, 1.165) is 30.6 Å². The topological polar surface area (TPSA) is 59.9 Å². The van der Waals surface area contributed by atoms with Gasteiger partial charge in [0.2, 0.25) is 5.91 Å². The van der Waals surface area contributed by atoms with Gasteiger partial charge in [-0.05, 0) is 48.9 Å². The molecule has 5 nitrogen and oxygen atoms in total. The van der Waals surface area contributed by atoms with Gasteiger partial charge in [-0.3, -0.25) is 4.79 Å². The molecule has 0 aromatic heterocycles. The number of hydrogen-bond donors (Lipinski definition) is 1. The second-order valence-electron chi connectivity index (χ2n) is 5.95. The SMILES string of the molecule is COc1cc(/C=N\NC(=O)C2CC2)ccc1OCCC(C)C. The van der Waals surface area contributed by atoms with Crippen LogP contribution in [0.15, 0.2) is 23.3 Å². The minimum atomic E-state index is -0.00291. The van der Waals surface area contributed by atoms with Crippen molar-refractivity contribution in [2.45, 2.75) is 33.1 Å². The number of hydrazone groups is 1. The summed E-state index contributed by atoms with van der Waals surface area (Å²) in [7, 11) is 1.61. The average Bonchev–Trinajstić information content (AvgIpc) is 3.32. The van der Waals surface area contributed by atoms with Gasteiger partial charge in [0.05, 0.1) is 19.9 Å². The maximum absolute atomic E-state index is 11.5. The first-order chi connectivity index (χ1) is 10.6. The Hall–Kier alpha value is -2.04. The smallest absolute Gasteiger partial charge is 0.243 e. The molecule has 0 heterocycles. The molecule has 0 saturated heterocycles. The van der Waals surface area contributed by atoms with Gasteiger partial charge in [-0.15, -0.1) is 0 Å². The lowest BCUT2D eigenvalue weighted by molar-refractivity contribution is -0.122. The predicted molar refractivity (Wildman–Crippen MR) is 86.4 cm³/mol.